The van der Waals surface area contributed by atoms with Crippen LogP contribution >= 0.6 is 11.6 Å². The van der Waals surface area contributed by atoms with E-state index in [0.29, 0.717) is 31.9 Å². The van der Waals surface area contributed by atoms with Crippen LogP contribution in [0.3, 0.4) is 0 Å². The summed E-state index contributed by atoms with van der Waals surface area (Å²) >= 11 is 5.74. The van der Waals surface area contributed by atoms with Crippen molar-refractivity contribution in [2.75, 3.05) is 32.8 Å². The molecule has 2 heterocycles. The number of H-pyrrole nitrogens is 1. The van der Waals surface area contributed by atoms with Gasteiger partial charge in [0.2, 0.25) is 0 Å². The Kier molecular flexibility index (Phi) is 4.21. The van der Waals surface area contributed by atoms with Gasteiger partial charge in [0.1, 0.15) is 5.15 Å². The normalized spacial score (nSPS) is 17.0. The highest BCUT2D eigenvalue weighted by molar-refractivity contribution is 6.30. The number of aromatic amines is 1. The predicted molar refractivity (Wildman–Crippen MR) is 68.3 cm³/mol. The molecule has 1 aliphatic rings. The summed E-state index contributed by atoms with van der Waals surface area (Å²) in [5.41, 5.74) is -0.404. The van der Waals surface area contributed by atoms with Crippen LogP contribution in [0.2, 0.25) is 5.15 Å². The van der Waals surface area contributed by atoms with Gasteiger partial charge in [-0.15, -0.1) is 0 Å². The molecule has 0 amide bonds. The Morgan fingerprint density at radius 1 is 1.28 bits per heavy atom. The van der Waals surface area contributed by atoms with Gasteiger partial charge in [0.05, 0.1) is 13.2 Å². The molecule has 1 aromatic rings. The van der Waals surface area contributed by atoms with Crippen molar-refractivity contribution in [1.82, 2.24) is 14.5 Å². The van der Waals surface area contributed by atoms with E-state index in [2.05, 4.69) is 9.88 Å². The highest BCUT2D eigenvalue weighted by Crippen LogP contribution is 2.03. The largest absolute Gasteiger partial charge is 0.379 e. The van der Waals surface area contributed by atoms with Crippen LogP contribution in [0.25, 0.3) is 0 Å². The number of ether oxygens (including phenoxy) is 1. The van der Waals surface area contributed by atoms with E-state index in [1.807, 2.05) is 0 Å². The fraction of sp³-hybridized carbons (Fsp3) is 0.636. The molecule has 7 heteroatoms. The first-order valence-corrected chi connectivity index (χ1v) is 6.26. The summed E-state index contributed by atoms with van der Waals surface area (Å²) < 4.78 is 6.43. The number of halogens is 1. The Bertz CT molecular complexity index is 531. The summed E-state index contributed by atoms with van der Waals surface area (Å²) in [6.07, 6.45) is 0. The minimum absolute atomic E-state index is 0.118. The molecule has 0 aliphatic carbocycles. The van der Waals surface area contributed by atoms with Gasteiger partial charge in [-0.25, -0.2) is 4.79 Å². The SMILES string of the molecule is Cc1c(Cl)[nH]c(=O)n(CCN2CCOCC2)c1=O. The number of aromatic nitrogens is 2. The first-order chi connectivity index (χ1) is 8.59. The second kappa shape index (κ2) is 5.69. The van der Waals surface area contributed by atoms with E-state index in [-0.39, 0.29) is 10.7 Å². The monoisotopic (exact) mass is 273 g/mol. The quantitative estimate of drug-likeness (QED) is 0.777. The lowest BCUT2D eigenvalue weighted by atomic mass is 10.3. The van der Waals surface area contributed by atoms with Crippen LogP contribution < -0.4 is 11.2 Å². The van der Waals surface area contributed by atoms with Crippen molar-refractivity contribution >= 4 is 11.6 Å². The minimum Gasteiger partial charge on any atom is -0.379 e. The summed E-state index contributed by atoms with van der Waals surface area (Å²) in [7, 11) is 0. The van der Waals surface area contributed by atoms with Gasteiger partial charge in [-0.2, -0.15) is 0 Å². The lowest BCUT2D eigenvalue weighted by Gasteiger charge is -2.26. The lowest BCUT2D eigenvalue weighted by molar-refractivity contribution is 0.0361. The van der Waals surface area contributed by atoms with Crippen molar-refractivity contribution < 1.29 is 4.74 Å². The van der Waals surface area contributed by atoms with Crippen LogP contribution in [0.5, 0.6) is 0 Å². The van der Waals surface area contributed by atoms with Gasteiger partial charge < -0.3 is 4.74 Å². The average molecular weight is 274 g/mol. The van der Waals surface area contributed by atoms with Crippen molar-refractivity contribution in [1.29, 1.82) is 0 Å². The standard InChI is InChI=1S/C11H16ClN3O3/c1-8-9(12)13-11(17)15(10(8)16)3-2-14-4-6-18-7-5-14/h2-7H2,1H3,(H,13,17). The predicted octanol–water partition coefficient (Wildman–Crippen LogP) is -0.169. The molecule has 0 saturated carbocycles. The first kappa shape index (κ1) is 13.3. The molecule has 0 atom stereocenters. The van der Waals surface area contributed by atoms with Crippen LogP contribution in [0, 0.1) is 6.92 Å². The van der Waals surface area contributed by atoms with Crippen LogP contribution in [-0.2, 0) is 11.3 Å². The van der Waals surface area contributed by atoms with Crippen LogP contribution in [0.1, 0.15) is 5.56 Å². The third-order valence-corrected chi connectivity index (χ3v) is 3.48. The van der Waals surface area contributed by atoms with Crippen molar-refractivity contribution in [3.05, 3.63) is 31.6 Å². The molecule has 0 radical (unpaired) electrons. The van der Waals surface area contributed by atoms with Gasteiger partial charge in [-0.3, -0.25) is 19.2 Å². The zero-order valence-electron chi connectivity index (χ0n) is 10.2. The molecular weight excluding hydrogens is 258 g/mol. The molecule has 18 heavy (non-hydrogen) atoms. The Balaban J connectivity index is 2.12. The van der Waals surface area contributed by atoms with E-state index in [1.165, 1.54) is 4.57 Å². The molecule has 6 nitrogen and oxygen atoms in total. The van der Waals surface area contributed by atoms with E-state index in [0.717, 1.165) is 13.1 Å². The van der Waals surface area contributed by atoms with Gasteiger partial charge in [-0.1, -0.05) is 11.6 Å². The molecule has 2 rings (SSSR count). The van der Waals surface area contributed by atoms with E-state index >= 15 is 0 Å². The van der Waals surface area contributed by atoms with Crippen LogP contribution in [-0.4, -0.2) is 47.3 Å². The molecule has 0 unspecified atom stereocenters. The fourth-order valence-electron chi connectivity index (χ4n) is 1.91. The maximum absolute atomic E-state index is 11.9. The van der Waals surface area contributed by atoms with Crippen molar-refractivity contribution in [3.8, 4) is 0 Å². The third-order valence-electron chi connectivity index (χ3n) is 3.10. The Labute approximate surface area is 109 Å². The first-order valence-electron chi connectivity index (χ1n) is 5.89. The summed E-state index contributed by atoms with van der Waals surface area (Å²) in [6, 6.07) is 0. The van der Waals surface area contributed by atoms with Gasteiger partial charge >= 0.3 is 5.69 Å². The van der Waals surface area contributed by atoms with Crippen LogP contribution in [0.4, 0.5) is 0 Å². The van der Waals surface area contributed by atoms with Gasteiger partial charge in [0, 0.05) is 31.7 Å². The van der Waals surface area contributed by atoms with Gasteiger partial charge in [0.25, 0.3) is 5.56 Å². The maximum Gasteiger partial charge on any atom is 0.329 e. The number of nitrogens with one attached hydrogen (secondary N) is 1. The Hall–Kier alpha value is -1.11. The molecular formula is C11H16ClN3O3. The molecule has 100 valence electrons. The number of nitrogens with zero attached hydrogens (tertiary/aromatic N) is 2. The molecule has 1 N–H and O–H groups in total. The minimum atomic E-state index is -0.455. The summed E-state index contributed by atoms with van der Waals surface area (Å²) in [5.74, 6) is 0. The molecule has 0 aromatic carbocycles. The Morgan fingerprint density at radius 3 is 2.61 bits per heavy atom. The third kappa shape index (κ3) is 2.82. The number of hydrogen-bond donors (Lipinski definition) is 1. The van der Waals surface area contributed by atoms with E-state index in [9.17, 15) is 9.59 Å². The smallest absolute Gasteiger partial charge is 0.329 e. The van der Waals surface area contributed by atoms with E-state index in [1.54, 1.807) is 6.92 Å². The highest BCUT2D eigenvalue weighted by atomic mass is 35.5. The summed E-state index contributed by atoms with van der Waals surface area (Å²) in [5, 5.41) is 0.118. The van der Waals surface area contributed by atoms with Crippen molar-refractivity contribution in [2.24, 2.45) is 0 Å². The molecule has 1 aliphatic heterocycles. The highest BCUT2D eigenvalue weighted by Gasteiger charge is 2.13. The summed E-state index contributed by atoms with van der Waals surface area (Å²) in [4.78, 5) is 28.2. The molecule has 1 fully saturated rings. The van der Waals surface area contributed by atoms with E-state index in [4.69, 9.17) is 16.3 Å². The summed E-state index contributed by atoms with van der Waals surface area (Å²) in [6.45, 7) is 5.69. The van der Waals surface area contributed by atoms with Gasteiger partial charge in [-0.05, 0) is 6.92 Å². The maximum atomic E-state index is 11.9. The van der Waals surface area contributed by atoms with Gasteiger partial charge in [0.15, 0.2) is 0 Å². The molecule has 0 spiro atoms. The Morgan fingerprint density at radius 2 is 1.94 bits per heavy atom. The topological polar surface area (TPSA) is 67.3 Å². The molecule has 0 bridgehead atoms. The molecule has 1 saturated heterocycles. The van der Waals surface area contributed by atoms with Crippen molar-refractivity contribution in [2.45, 2.75) is 13.5 Å². The number of morpholine rings is 1. The molecule has 1 aromatic heterocycles. The second-order valence-electron chi connectivity index (χ2n) is 4.28. The zero-order valence-corrected chi connectivity index (χ0v) is 11.0. The second-order valence-corrected chi connectivity index (χ2v) is 4.66. The number of rotatable bonds is 3. The van der Waals surface area contributed by atoms with Crippen LogP contribution in [0.15, 0.2) is 9.59 Å². The van der Waals surface area contributed by atoms with Crippen molar-refractivity contribution in [3.63, 3.8) is 0 Å². The van der Waals surface area contributed by atoms with E-state index < -0.39 is 5.69 Å². The average Bonchev–Trinajstić information content (AvgIpc) is 2.37. The number of hydrogen-bond acceptors (Lipinski definition) is 4. The lowest BCUT2D eigenvalue weighted by Crippen LogP contribution is -2.43. The fourth-order valence-corrected chi connectivity index (χ4v) is 2.07. The zero-order chi connectivity index (χ0) is 13.1.